The summed E-state index contributed by atoms with van der Waals surface area (Å²) in [5.74, 6) is -1.03. The van der Waals surface area contributed by atoms with Crippen LogP contribution in [0.4, 0.5) is 8.78 Å². The monoisotopic (exact) mass is 436 g/mol. The number of aryl methyl sites for hydroxylation is 1. The number of alkyl halides is 2. The number of nitrogens with zero attached hydrogens (tertiary/aromatic N) is 1. The van der Waals surface area contributed by atoms with E-state index in [1.54, 1.807) is 60.7 Å². The summed E-state index contributed by atoms with van der Waals surface area (Å²) in [7, 11) is 0. The van der Waals surface area contributed by atoms with Gasteiger partial charge in [-0.25, -0.2) is 0 Å². The van der Waals surface area contributed by atoms with E-state index in [1.807, 2.05) is 6.07 Å². The number of carbonyl (C=O) groups is 2. The van der Waals surface area contributed by atoms with Crippen molar-refractivity contribution < 1.29 is 23.1 Å². The van der Waals surface area contributed by atoms with Crippen LogP contribution in [-0.2, 0) is 11.2 Å². The summed E-state index contributed by atoms with van der Waals surface area (Å²) in [5.41, 5.74) is 8.39. The summed E-state index contributed by atoms with van der Waals surface area (Å²) in [5, 5.41) is 0. The molecule has 0 bridgehead atoms. The van der Waals surface area contributed by atoms with Gasteiger partial charge in [0.25, 0.3) is 5.91 Å². The zero-order chi connectivity index (χ0) is 22.7. The number of nitrogens with two attached hydrogens (primary N) is 1. The lowest BCUT2D eigenvalue weighted by molar-refractivity contribution is -0.123. The zero-order valence-corrected chi connectivity index (χ0v) is 17.2. The molecule has 0 radical (unpaired) electrons. The van der Waals surface area contributed by atoms with Gasteiger partial charge >= 0.3 is 6.61 Å². The Balaban J connectivity index is 1.83. The zero-order valence-electron chi connectivity index (χ0n) is 17.2. The maximum Gasteiger partial charge on any atom is 0.387 e. The molecular weight excluding hydrogens is 414 g/mol. The van der Waals surface area contributed by atoms with E-state index in [-0.39, 0.29) is 11.7 Å². The second-order valence-electron chi connectivity index (χ2n) is 7.59. The first-order chi connectivity index (χ1) is 15.5. The highest BCUT2D eigenvalue weighted by Gasteiger charge is 2.39. The number of benzene rings is 3. The van der Waals surface area contributed by atoms with Crippen LogP contribution in [0.1, 0.15) is 45.6 Å². The molecule has 0 saturated heterocycles. The lowest BCUT2D eigenvalue weighted by Crippen LogP contribution is -2.43. The van der Waals surface area contributed by atoms with Gasteiger partial charge in [0, 0.05) is 5.56 Å². The number of carbonyl (C=O) groups excluding carboxylic acids is 2. The molecular formula is C25H22F2N2O3. The lowest BCUT2D eigenvalue weighted by Gasteiger charge is -2.36. The number of ether oxygens (including phenoxy) is 1. The molecule has 4 rings (SSSR count). The lowest BCUT2D eigenvalue weighted by atomic mass is 9.98. The number of primary amides is 1. The van der Waals surface area contributed by atoms with Crippen LogP contribution in [-0.4, -0.2) is 23.3 Å². The molecule has 0 heterocycles. The predicted octanol–water partition coefficient (Wildman–Crippen LogP) is 4.64. The molecule has 0 aliphatic heterocycles. The van der Waals surface area contributed by atoms with E-state index in [0.29, 0.717) is 29.5 Å². The highest BCUT2D eigenvalue weighted by molar-refractivity contribution is 5.98. The third kappa shape index (κ3) is 4.32. The Hall–Kier alpha value is -3.74. The molecule has 0 fully saturated rings. The van der Waals surface area contributed by atoms with Gasteiger partial charge in [0.1, 0.15) is 11.8 Å². The number of halogens is 2. The highest BCUT2D eigenvalue weighted by Crippen LogP contribution is 2.42. The van der Waals surface area contributed by atoms with Gasteiger partial charge in [0.05, 0.1) is 6.04 Å². The van der Waals surface area contributed by atoms with E-state index in [9.17, 15) is 18.4 Å². The van der Waals surface area contributed by atoms with Crippen molar-refractivity contribution in [2.24, 2.45) is 5.73 Å². The van der Waals surface area contributed by atoms with Crippen molar-refractivity contribution in [1.29, 1.82) is 0 Å². The molecule has 1 aliphatic rings. The normalized spacial score (nSPS) is 15.8. The van der Waals surface area contributed by atoms with Gasteiger partial charge in [-0.05, 0) is 53.8 Å². The highest BCUT2D eigenvalue weighted by atomic mass is 19.3. The first-order valence-electron chi connectivity index (χ1n) is 10.3. The Labute approximate surface area is 184 Å². The van der Waals surface area contributed by atoms with E-state index >= 15 is 0 Å². The minimum absolute atomic E-state index is 0.00750. The van der Waals surface area contributed by atoms with E-state index in [2.05, 4.69) is 4.74 Å². The second-order valence-corrected chi connectivity index (χ2v) is 7.59. The average molecular weight is 436 g/mol. The van der Waals surface area contributed by atoms with Crippen molar-refractivity contribution in [2.75, 3.05) is 0 Å². The first-order valence-corrected chi connectivity index (χ1v) is 10.3. The summed E-state index contributed by atoms with van der Waals surface area (Å²) in [6.45, 7) is -2.96. The van der Waals surface area contributed by atoms with Crippen LogP contribution >= 0.6 is 0 Å². The third-order valence-corrected chi connectivity index (χ3v) is 5.64. The Morgan fingerprint density at radius 1 is 0.969 bits per heavy atom. The SMILES string of the molecule is NC(=O)[C@H](c1ccccc1)N(C(=O)c1ccccc1)[C@@H]1CCc2ccc(OC(F)F)cc21. The van der Waals surface area contributed by atoms with Crippen LogP contribution in [0.2, 0.25) is 0 Å². The molecule has 3 aromatic carbocycles. The molecule has 0 saturated carbocycles. The van der Waals surface area contributed by atoms with Crippen molar-refractivity contribution in [3.05, 3.63) is 101 Å². The fourth-order valence-electron chi connectivity index (χ4n) is 4.29. The van der Waals surface area contributed by atoms with Crippen molar-refractivity contribution >= 4 is 11.8 Å². The van der Waals surface area contributed by atoms with E-state index < -0.39 is 24.6 Å². The predicted molar refractivity (Wildman–Crippen MR) is 115 cm³/mol. The number of hydrogen-bond donors (Lipinski definition) is 1. The Morgan fingerprint density at radius 3 is 2.25 bits per heavy atom. The molecule has 0 aromatic heterocycles. The Bertz CT molecular complexity index is 1110. The summed E-state index contributed by atoms with van der Waals surface area (Å²) in [6, 6.07) is 20.6. The van der Waals surface area contributed by atoms with E-state index in [0.717, 1.165) is 5.56 Å². The van der Waals surface area contributed by atoms with Crippen LogP contribution in [0, 0.1) is 0 Å². The largest absolute Gasteiger partial charge is 0.435 e. The first kappa shape index (κ1) is 21.5. The van der Waals surface area contributed by atoms with Crippen molar-refractivity contribution in [1.82, 2.24) is 4.90 Å². The molecule has 5 nitrogen and oxygen atoms in total. The van der Waals surface area contributed by atoms with Crippen LogP contribution in [0.5, 0.6) is 5.75 Å². The van der Waals surface area contributed by atoms with E-state index in [4.69, 9.17) is 5.73 Å². The van der Waals surface area contributed by atoms with Crippen molar-refractivity contribution in [3.8, 4) is 5.75 Å². The topological polar surface area (TPSA) is 72.6 Å². The quantitative estimate of drug-likeness (QED) is 0.586. The smallest absolute Gasteiger partial charge is 0.387 e. The van der Waals surface area contributed by atoms with Crippen molar-refractivity contribution in [2.45, 2.75) is 31.5 Å². The standard InChI is InChI=1S/C25H22F2N2O3/c26-25(27)32-19-13-11-16-12-14-21(20(16)15-19)29(24(31)18-9-5-2-6-10-18)22(23(28)30)17-7-3-1-4-8-17/h1-11,13,15,21-22,25H,12,14H2,(H2,28,30)/t21-,22+/m1/s1. The van der Waals surface area contributed by atoms with E-state index in [1.165, 1.54) is 17.0 Å². The molecule has 1 aliphatic carbocycles. The molecule has 0 unspecified atom stereocenters. The Morgan fingerprint density at radius 2 is 1.62 bits per heavy atom. The average Bonchev–Trinajstić information content (AvgIpc) is 3.20. The minimum atomic E-state index is -2.96. The van der Waals surface area contributed by atoms with Gasteiger partial charge < -0.3 is 15.4 Å². The second kappa shape index (κ2) is 9.18. The third-order valence-electron chi connectivity index (χ3n) is 5.64. The summed E-state index contributed by atoms with van der Waals surface area (Å²) in [4.78, 5) is 27.8. The number of rotatable bonds is 7. The molecule has 2 atom stereocenters. The molecule has 32 heavy (non-hydrogen) atoms. The Kier molecular flexibility index (Phi) is 6.16. The fraction of sp³-hybridized carbons (Fsp3) is 0.200. The minimum Gasteiger partial charge on any atom is -0.435 e. The molecule has 2 amide bonds. The van der Waals surface area contributed by atoms with Crippen LogP contribution < -0.4 is 10.5 Å². The molecule has 0 spiro atoms. The van der Waals surface area contributed by atoms with Gasteiger partial charge in [-0.3, -0.25) is 9.59 Å². The molecule has 164 valence electrons. The van der Waals surface area contributed by atoms with Crippen LogP contribution in [0.25, 0.3) is 0 Å². The number of fused-ring (bicyclic) bond motifs is 1. The summed E-state index contributed by atoms with van der Waals surface area (Å²) < 4.78 is 30.1. The summed E-state index contributed by atoms with van der Waals surface area (Å²) in [6.07, 6.45) is 1.16. The molecule has 3 aromatic rings. The molecule has 2 N–H and O–H groups in total. The van der Waals surface area contributed by atoms with Gasteiger partial charge in [-0.15, -0.1) is 0 Å². The van der Waals surface area contributed by atoms with Crippen LogP contribution in [0.15, 0.2) is 78.9 Å². The van der Waals surface area contributed by atoms with Crippen molar-refractivity contribution in [3.63, 3.8) is 0 Å². The fourth-order valence-corrected chi connectivity index (χ4v) is 4.29. The molecule has 7 heteroatoms. The number of amides is 2. The maximum atomic E-state index is 13.7. The van der Waals surface area contributed by atoms with Gasteiger partial charge in [-0.2, -0.15) is 8.78 Å². The summed E-state index contributed by atoms with van der Waals surface area (Å²) >= 11 is 0. The maximum absolute atomic E-state index is 13.7. The number of hydrogen-bond acceptors (Lipinski definition) is 3. The van der Waals surface area contributed by atoms with Crippen LogP contribution in [0.3, 0.4) is 0 Å². The van der Waals surface area contributed by atoms with Gasteiger partial charge in [0.2, 0.25) is 5.91 Å². The van der Waals surface area contributed by atoms with Gasteiger partial charge in [0.15, 0.2) is 0 Å². The van der Waals surface area contributed by atoms with Gasteiger partial charge in [-0.1, -0.05) is 54.6 Å².